The highest BCUT2D eigenvalue weighted by Gasteiger charge is 2.46. The van der Waals surface area contributed by atoms with Gasteiger partial charge in [0.2, 0.25) is 0 Å². The summed E-state index contributed by atoms with van der Waals surface area (Å²) in [5, 5.41) is 31.3. The number of carbonyl (C=O) groups is 2. The number of phosphoric ester groups is 2. The number of ether oxygens (including phenoxy) is 3. The molecule has 2 rings (SSSR count). The van der Waals surface area contributed by atoms with E-state index in [1.165, 1.54) is 44.6 Å². The van der Waals surface area contributed by atoms with Gasteiger partial charge in [0.1, 0.15) is 30.7 Å². The van der Waals surface area contributed by atoms with Gasteiger partial charge in [0, 0.05) is 19.0 Å². The van der Waals surface area contributed by atoms with Crippen molar-refractivity contribution in [2.75, 3.05) is 25.6 Å². The van der Waals surface area contributed by atoms with Gasteiger partial charge in [-0.2, -0.15) is 9.29 Å². The number of nitrogens with zero attached hydrogens (tertiary/aromatic N) is 2. The first-order chi connectivity index (χ1) is 35.1. The summed E-state index contributed by atoms with van der Waals surface area (Å²) in [5.74, 6) is -1.54. The van der Waals surface area contributed by atoms with Crippen molar-refractivity contribution in [1.29, 1.82) is 0 Å². The number of aliphatic hydroxyl groups excluding tert-OH is 3. The van der Waals surface area contributed by atoms with E-state index in [-0.39, 0.29) is 31.5 Å². The molecule has 1 fully saturated rings. The van der Waals surface area contributed by atoms with Crippen LogP contribution in [-0.4, -0.2) is 96.9 Å². The Kier molecular flexibility index (Phi) is 35.0. The number of hydrogen-bond acceptors (Lipinski definition) is 16. The molecule has 1 aromatic heterocycles. The summed E-state index contributed by atoms with van der Waals surface area (Å²) in [7, 11) is -10.9. The highest BCUT2D eigenvalue weighted by Crippen LogP contribution is 2.60. The molecule has 73 heavy (non-hydrogen) atoms. The van der Waals surface area contributed by atoms with Crippen molar-refractivity contribution in [1.82, 2.24) is 9.55 Å². The fraction of sp³-hybridized carbons (Fsp3) is 0.615. The molecule has 0 amide bonds. The molecule has 412 valence electrons. The van der Waals surface area contributed by atoms with Crippen LogP contribution in [-0.2, 0) is 46.3 Å². The van der Waals surface area contributed by atoms with Crippen LogP contribution in [0.1, 0.15) is 155 Å². The number of aromatic nitrogens is 2. The van der Waals surface area contributed by atoms with Gasteiger partial charge < -0.3 is 45.1 Å². The molecule has 0 spiro atoms. The molecule has 1 aromatic rings. The standard InChI is InChI=1S/C52H83N3O16P2/c1-3-5-7-9-11-13-15-17-18-19-20-22-24-26-28-30-32-36-48(58)69-44(40-66-47(57)37-33-35-43(56)34-31-29-27-25-23-21-16-14-12-10-8-6-4-2)41-67-72(62,63)71-73(64,65)68-42-45-49(59)50(60)51(70-45)55-39-38-46(53)54-52(55)61/h11-14,17-18,20-23,27,29,31,34,38-39,43-45,49-51,56,59-60H,3-10,15-16,19,24-26,28,30,32-33,35-37,40-42H2,1-2H3,(H,62,63)(H,64,65)(H2,53,54,61)/b13-11-,14-12-,18-17-,22-20-,23-21-,29-27-,34-31+/t43-,44-,45-,49-,50-,51-/m1/s1. The lowest BCUT2D eigenvalue weighted by Gasteiger charge is -2.21. The van der Waals surface area contributed by atoms with E-state index in [1.807, 2.05) is 12.2 Å². The van der Waals surface area contributed by atoms with Gasteiger partial charge in [0.05, 0.1) is 19.3 Å². The van der Waals surface area contributed by atoms with Crippen molar-refractivity contribution in [3.05, 3.63) is 108 Å². The first-order valence-electron chi connectivity index (χ1n) is 25.7. The van der Waals surface area contributed by atoms with Crippen LogP contribution in [0.25, 0.3) is 0 Å². The van der Waals surface area contributed by atoms with E-state index >= 15 is 0 Å². The molecule has 2 unspecified atom stereocenters. The zero-order chi connectivity index (χ0) is 53.6. The number of aliphatic hydroxyl groups is 3. The fourth-order valence-electron chi connectivity index (χ4n) is 7.01. The first kappa shape index (κ1) is 65.0. The van der Waals surface area contributed by atoms with Crippen LogP contribution >= 0.6 is 15.6 Å². The SMILES string of the molecule is CCCCC/C=C\C/C=C\C/C=C\C=C\[C@@H](O)CCCC(=O)OC[C@H](COP(=O)(O)OP(=O)(O)OC[C@H]1O[C@@H](n2ccc(N)nc2=O)[C@H](O)[C@@H]1O)OC(=O)CCCCCC/C=C\C/C=C\C/C=C\CCCCC. The van der Waals surface area contributed by atoms with Crippen molar-refractivity contribution in [2.45, 2.75) is 185 Å². The average Bonchev–Trinajstić information content (AvgIpc) is 3.62. The number of carbonyl (C=O) groups excluding carboxylic acids is 2. The minimum atomic E-state index is -5.47. The summed E-state index contributed by atoms with van der Waals surface area (Å²) in [5.41, 5.74) is 4.57. The Morgan fingerprint density at radius 1 is 0.726 bits per heavy atom. The van der Waals surface area contributed by atoms with E-state index in [0.29, 0.717) is 6.42 Å². The molecule has 1 aliphatic heterocycles. The Balaban J connectivity index is 1.87. The normalized spacial score (nSPS) is 20.1. The summed E-state index contributed by atoms with van der Waals surface area (Å²) in [4.78, 5) is 61.9. The third-order valence-electron chi connectivity index (χ3n) is 11.1. The quantitative estimate of drug-likeness (QED) is 0.0117. The molecule has 0 aromatic carbocycles. The van der Waals surface area contributed by atoms with Gasteiger partial charge in [-0.25, -0.2) is 13.9 Å². The van der Waals surface area contributed by atoms with Crippen molar-refractivity contribution in [2.24, 2.45) is 0 Å². The van der Waals surface area contributed by atoms with Gasteiger partial charge in [-0.3, -0.25) is 23.2 Å². The Bertz CT molecular complexity index is 2070. The number of unbranched alkanes of at least 4 members (excludes halogenated alkanes) is 10. The lowest BCUT2D eigenvalue weighted by molar-refractivity contribution is -0.161. The second-order valence-electron chi connectivity index (χ2n) is 17.5. The monoisotopic (exact) mass is 1070 g/mol. The predicted molar refractivity (Wildman–Crippen MR) is 281 cm³/mol. The van der Waals surface area contributed by atoms with E-state index in [1.54, 1.807) is 12.2 Å². The highest BCUT2D eigenvalue weighted by molar-refractivity contribution is 7.61. The number of nitrogen functional groups attached to an aromatic ring is 1. The predicted octanol–water partition coefficient (Wildman–Crippen LogP) is 9.64. The molecule has 21 heteroatoms. The van der Waals surface area contributed by atoms with E-state index in [9.17, 15) is 48.6 Å². The first-order valence-corrected chi connectivity index (χ1v) is 28.7. The van der Waals surface area contributed by atoms with Crippen molar-refractivity contribution < 1.29 is 71.4 Å². The maximum Gasteiger partial charge on any atom is 0.481 e. The third-order valence-corrected chi connectivity index (χ3v) is 13.7. The number of rotatable bonds is 41. The Labute approximate surface area is 431 Å². The molecule has 0 aliphatic carbocycles. The van der Waals surface area contributed by atoms with Gasteiger partial charge in [-0.1, -0.05) is 137 Å². The van der Waals surface area contributed by atoms with E-state index in [4.69, 9.17) is 29.0 Å². The van der Waals surface area contributed by atoms with E-state index in [0.717, 1.165) is 75.0 Å². The molecule has 0 bridgehead atoms. The van der Waals surface area contributed by atoms with Crippen molar-refractivity contribution >= 4 is 33.4 Å². The molecule has 19 nitrogen and oxygen atoms in total. The minimum absolute atomic E-state index is 0.0205. The van der Waals surface area contributed by atoms with Crippen LogP contribution in [0.5, 0.6) is 0 Å². The summed E-state index contributed by atoms with van der Waals surface area (Å²) in [6, 6.07) is 1.23. The maximum atomic E-state index is 12.9. The molecular weight excluding hydrogens is 985 g/mol. The van der Waals surface area contributed by atoms with Crippen molar-refractivity contribution in [3.8, 4) is 0 Å². The number of esters is 2. The maximum absolute atomic E-state index is 12.9. The minimum Gasteiger partial charge on any atom is -0.462 e. The number of allylic oxidation sites excluding steroid dienone is 13. The Morgan fingerprint density at radius 3 is 1.88 bits per heavy atom. The molecule has 0 saturated carbocycles. The molecule has 8 atom stereocenters. The largest absolute Gasteiger partial charge is 0.481 e. The van der Waals surface area contributed by atoms with Gasteiger partial charge in [-0.05, 0) is 89.5 Å². The molecule has 1 saturated heterocycles. The number of phosphoric acid groups is 2. The van der Waals surface area contributed by atoms with Crippen LogP contribution in [0.2, 0.25) is 0 Å². The number of hydrogen-bond donors (Lipinski definition) is 6. The number of nitrogens with two attached hydrogens (primary N) is 1. The lowest BCUT2D eigenvalue weighted by atomic mass is 10.1. The molecular formula is C52H83N3O16P2. The summed E-state index contributed by atoms with van der Waals surface area (Å²) >= 11 is 0. The van der Waals surface area contributed by atoms with E-state index in [2.05, 4.69) is 83.9 Å². The van der Waals surface area contributed by atoms with Gasteiger partial charge >= 0.3 is 33.3 Å². The van der Waals surface area contributed by atoms with Gasteiger partial charge in [0.15, 0.2) is 12.3 Å². The van der Waals surface area contributed by atoms with Crippen LogP contribution in [0, 0.1) is 0 Å². The van der Waals surface area contributed by atoms with Crippen LogP contribution in [0.4, 0.5) is 5.82 Å². The fourth-order valence-corrected chi connectivity index (χ4v) is 9.12. The molecule has 1 aliphatic rings. The highest BCUT2D eigenvalue weighted by atomic mass is 31.3. The summed E-state index contributed by atoms with van der Waals surface area (Å²) in [6.07, 6.45) is 38.3. The zero-order valence-electron chi connectivity index (χ0n) is 42.8. The molecule has 2 heterocycles. The zero-order valence-corrected chi connectivity index (χ0v) is 44.6. The second kappa shape index (κ2) is 39.3. The molecule has 7 N–H and O–H groups in total. The summed E-state index contributed by atoms with van der Waals surface area (Å²) in [6.45, 7) is 1.88. The van der Waals surface area contributed by atoms with Crippen LogP contribution < -0.4 is 11.4 Å². The Hall–Kier alpha value is -4.10. The molecule has 0 radical (unpaired) electrons. The van der Waals surface area contributed by atoms with Gasteiger partial charge in [0.25, 0.3) is 0 Å². The second-order valence-corrected chi connectivity index (χ2v) is 20.6. The Morgan fingerprint density at radius 2 is 1.27 bits per heavy atom. The topological polar surface area (TPSA) is 286 Å². The number of anilines is 1. The average molecular weight is 1070 g/mol. The van der Waals surface area contributed by atoms with Crippen LogP contribution in [0.15, 0.2) is 102 Å². The summed E-state index contributed by atoms with van der Waals surface area (Å²) < 4.78 is 56.6. The van der Waals surface area contributed by atoms with E-state index < -0.39 is 89.8 Å². The van der Waals surface area contributed by atoms with Crippen LogP contribution in [0.3, 0.4) is 0 Å². The third kappa shape index (κ3) is 32.1. The van der Waals surface area contributed by atoms with Gasteiger partial charge in [-0.15, -0.1) is 0 Å². The lowest BCUT2D eigenvalue weighted by Crippen LogP contribution is -2.36. The van der Waals surface area contributed by atoms with Crippen molar-refractivity contribution in [3.63, 3.8) is 0 Å². The smallest absolute Gasteiger partial charge is 0.462 e.